The highest BCUT2D eigenvalue weighted by Crippen LogP contribution is 2.29. The van der Waals surface area contributed by atoms with E-state index >= 15 is 0 Å². The number of halogens is 1. The van der Waals surface area contributed by atoms with Gasteiger partial charge in [0, 0.05) is 0 Å². The lowest BCUT2D eigenvalue weighted by Gasteiger charge is -2.12. The van der Waals surface area contributed by atoms with Gasteiger partial charge in [-0.05, 0) is 37.1 Å². The molecule has 128 valence electrons. The maximum Gasteiger partial charge on any atom is 0.346 e. The monoisotopic (exact) mass is 340 g/mol. The Morgan fingerprint density at radius 2 is 1.84 bits per heavy atom. The molecule has 0 atom stereocenters. The Morgan fingerprint density at radius 3 is 2.60 bits per heavy atom. The van der Waals surface area contributed by atoms with Crippen LogP contribution in [0.1, 0.15) is 35.7 Å². The number of para-hydroxylation sites is 1. The van der Waals surface area contributed by atoms with Crippen molar-refractivity contribution in [3.63, 3.8) is 0 Å². The topological polar surface area (TPSA) is 56.5 Å². The number of carbonyl (C=O) groups excluding carboxylic acids is 1. The molecule has 5 heteroatoms. The summed E-state index contributed by atoms with van der Waals surface area (Å²) in [6.07, 6.45) is 2.03. The fraction of sp³-hybridized carbons (Fsp3) is 0.200. The number of ether oxygens (including phenoxy) is 1. The Morgan fingerprint density at radius 1 is 1.12 bits per heavy atom. The number of unbranched alkanes of at least 4 members (excludes halogenated alkanes) is 1. The molecule has 3 rings (SSSR count). The third-order valence-electron chi connectivity index (χ3n) is 3.92. The number of fused-ring (bicyclic) bond motifs is 1. The van der Waals surface area contributed by atoms with Crippen molar-refractivity contribution in [2.45, 2.75) is 26.2 Å². The molecular weight excluding hydrogens is 323 g/mol. The maximum absolute atomic E-state index is 13.9. The summed E-state index contributed by atoms with van der Waals surface area (Å²) in [6, 6.07) is 12.4. The van der Waals surface area contributed by atoms with Crippen LogP contribution in [-0.4, -0.2) is 5.97 Å². The molecule has 0 saturated carbocycles. The lowest BCUT2D eigenvalue weighted by molar-refractivity contribution is 0.0730. The van der Waals surface area contributed by atoms with E-state index in [1.807, 2.05) is 6.92 Å². The van der Waals surface area contributed by atoms with Crippen LogP contribution in [-0.2, 0) is 6.42 Å². The van der Waals surface area contributed by atoms with Gasteiger partial charge in [0.05, 0.1) is 16.5 Å². The first-order chi connectivity index (χ1) is 12.1. The molecule has 0 radical (unpaired) electrons. The Balaban J connectivity index is 2.11. The molecule has 0 aliphatic heterocycles. The van der Waals surface area contributed by atoms with Crippen LogP contribution in [0.5, 0.6) is 5.75 Å². The average Bonchev–Trinajstić information content (AvgIpc) is 2.61. The zero-order valence-corrected chi connectivity index (χ0v) is 13.8. The van der Waals surface area contributed by atoms with Crippen molar-refractivity contribution in [2.24, 2.45) is 0 Å². The fourth-order valence-corrected chi connectivity index (χ4v) is 2.62. The summed E-state index contributed by atoms with van der Waals surface area (Å²) in [6.45, 7) is 1.99. The minimum atomic E-state index is -0.841. The minimum Gasteiger partial charge on any atom is -0.422 e. The second-order valence-corrected chi connectivity index (χ2v) is 5.67. The van der Waals surface area contributed by atoms with Crippen molar-refractivity contribution in [1.29, 1.82) is 0 Å². The molecule has 1 heterocycles. The molecule has 0 unspecified atom stereocenters. The molecule has 0 spiro atoms. The van der Waals surface area contributed by atoms with Crippen LogP contribution >= 0.6 is 0 Å². The van der Waals surface area contributed by atoms with Gasteiger partial charge in [-0.15, -0.1) is 0 Å². The van der Waals surface area contributed by atoms with Gasteiger partial charge in [-0.1, -0.05) is 37.6 Å². The first kappa shape index (κ1) is 16.9. The third-order valence-corrected chi connectivity index (χ3v) is 3.92. The molecule has 0 N–H and O–H groups in total. The Kier molecular flexibility index (Phi) is 4.93. The van der Waals surface area contributed by atoms with Gasteiger partial charge in [0.1, 0.15) is 11.4 Å². The van der Waals surface area contributed by atoms with Crippen LogP contribution in [0, 0.1) is 5.82 Å². The molecule has 0 bridgehead atoms. The van der Waals surface area contributed by atoms with Gasteiger partial charge in [-0.25, -0.2) is 14.0 Å². The predicted molar refractivity (Wildman–Crippen MR) is 92.5 cm³/mol. The van der Waals surface area contributed by atoms with E-state index in [2.05, 4.69) is 0 Å². The number of esters is 1. The molecule has 0 fully saturated rings. The molecule has 25 heavy (non-hydrogen) atoms. The first-order valence-electron chi connectivity index (χ1n) is 8.13. The van der Waals surface area contributed by atoms with E-state index in [9.17, 15) is 14.0 Å². The quantitative estimate of drug-likeness (QED) is 0.507. The van der Waals surface area contributed by atoms with E-state index in [-0.39, 0.29) is 11.3 Å². The summed E-state index contributed by atoms with van der Waals surface area (Å²) in [7, 11) is 0. The average molecular weight is 340 g/mol. The molecule has 1 aromatic heterocycles. The zero-order valence-electron chi connectivity index (χ0n) is 13.8. The third kappa shape index (κ3) is 3.45. The highest BCUT2D eigenvalue weighted by atomic mass is 19.1. The van der Waals surface area contributed by atoms with Gasteiger partial charge in [0.2, 0.25) is 0 Å². The van der Waals surface area contributed by atoms with Crippen molar-refractivity contribution in [2.75, 3.05) is 0 Å². The van der Waals surface area contributed by atoms with Gasteiger partial charge in [0.15, 0.2) is 5.75 Å². The van der Waals surface area contributed by atoms with E-state index < -0.39 is 17.4 Å². The minimum absolute atomic E-state index is 0.147. The van der Waals surface area contributed by atoms with E-state index in [0.717, 1.165) is 12.8 Å². The molecule has 0 aliphatic carbocycles. The normalized spacial score (nSPS) is 10.8. The van der Waals surface area contributed by atoms with E-state index in [1.54, 1.807) is 30.3 Å². The van der Waals surface area contributed by atoms with Crippen molar-refractivity contribution < 1.29 is 18.3 Å². The fourth-order valence-electron chi connectivity index (χ4n) is 2.62. The standard InChI is InChI=1S/C20H17FO4/c1-2-3-8-15-18(14-10-5-7-12-17(14)24-20(15)23)25-19(22)13-9-4-6-11-16(13)21/h4-7,9-12H,2-3,8H2,1H3. The number of benzene rings is 2. The molecule has 0 saturated heterocycles. The van der Waals surface area contributed by atoms with Crippen LogP contribution in [0.4, 0.5) is 4.39 Å². The summed E-state index contributed by atoms with van der Waals surface area (Å²) in [5.74, 6) is -1.37. The van der Waals surface area contributed by atoms with Gasteiger partial charge in [-0.2, -0.15) is 0 Å². The summed E-state index contributed by atoms with van der Waals surface area (Å²) < 4.78 is 24.6. The van der Waals surface area contributed by atoms with Crippen LogP contribution in [0.3, 0.4) is 0 Å². The van der Waals surface area contributed by atoms with Crippen LogP contribution in [0.15, 0.2) is 57.7 Å². The number of hydrogen-bond acceptors (Lipinski definition) is 4. The molecule has 0 amide bonds. The second kappa shape index (κ2) is 7.30. The SMILES string of the molecule is CCCCc1c(OC(=O)c2ccccc2F)c2ccccc2oc1=O. The number of hydrogen-bond donors (Lipinski definition) is 0. The summed E-state index contributed by atoms with van der Waals surface area (Å²) in [4.78, 5) is 24.7. The zero-order chi connectivity index (χ0) is 17.8. The van der Waals surface area contributed by atoms with Crippen LogP contribution < -0.4 is 10.4 Å². The summed E-state index contributed by atoms with van der Waals surface area (Å²) >= 11 is 0. The largest absolute Gasteiger partial charge is 0.422 e. The predicted octanol–water partition coefficient (Wildman–Crippen LogP) is 4.49. The van der Waals surface area contributed by atoms with Crippen molar-refractivity contribution >= 4 is 16.9 Å². The van der Waals surface area contributed by atoms with Crippen LogP contribution in [0.2, 0.25) is 0 Å². The Labute approximate surface area is 143 Å². The van der Waals surface area contributed by atoms with Gasteiger partial charge in [-0.3, -0.25) is 0 Å². The molecule has 0 aliphatic rings. The second-order valence-electron chi connectivity index (χ2n) is 5.67. The van der Waals surface area contributed by atoms with E-state index in [4.69, 9.17) is 9.15 Å². The highest BCUT2D eigenvalue weighted by molar-refractivity contribution is 5.94. The molecular formula is C20H17FO4. The summed E-state index contributed by atoms with van der Waals surface area (Å²) in [5.41, 5.74) is -0.0981. The lowest BCUT2D eigenvalue weighted by Crippen LogP contribution is -2.16. The van der Waals surface area contributed by atoms with E-state index in [1.165, 1.54) is 18.2 Å². The van der Waals surface area contributed by atoms with Crippen molar-refractivity contribution in [3.8, 4) is 5.75 Å². The van der Waals surface area contributed by atoms with Crippen molar-refractivity contribution in [3.05, 3.63) is 75.9 Å². The first-order valence-corrected chi connectivity index (χ1v) is 8.13. The number of rotatable bonds is 5. The smallest absolute Gasteiger partial charge is 0.346 e. The maximum atomic E-state index is 13.9. The molecule has 4 nitrogen and oxygen atoms in total. The lowest BCUT2D eigenvalue weighted by atomic mass is 10.1. The highest BCUT2D eigenvalue weighted by Gasteiger charge is 2.20. The van der Waals surface area contributed by atoms with E-state index in [0.29, 0.717) is 23.0 Å². The van der Waals surface area contributed by atoms with Crippen molar-refractivity contribution in [1.82, 2.24) is 0 Å². The van der Waals surface area contributed by atoms with Gasteiger partial charge in [0.25, 0.3) is 0 Å². The van der Waals surface area contributed by atoms with Gasteiger partial charge < -0.3 is 9.15 Å². The Bertz CT molecular complexity index is 975. The molecule has 3 aromatic rings. The molecule has 2 aromatic carbocycles. The number of carbonyl (C=O) groups is 1. The Hall–Kier alpha value is -2.95. The summed E-state index contributed by atoms with van der Waals surface area (Å²) in [5, 5.41) is 0.512. The van der Waals surface area contributed by atoms with Gasteiger partial charge >= 0.3 is 11.6 Å². The van der Waals surface area contributed by atoms with Crippen LogP contribution in [0.25, 0.3) is 11.0 Å².